The van der Waals surface area contributed by atoms with Crippen molar-refractivity contribution in [2.75, 3.05) is 6.61 Å². The summed E-state index contributed by atoms with van der Waals surface area (Å²) < 4.78 is 19.0. The van der Waals surface area contributed by atoms with Gasteiger partial charge in [-0.05, 0) is 41.7 Å². The topological polar surface area (TPSA) is 29.5 Å². The number of hydrogen-bond donors (Lipinski definition) is 1. The first kappa shape index (κ1) is 14.1. The lowest BCUT2D eigenvalue weighted by atomic mass is 9.99. The van der Waals surface area contributed by atoms with Crippen LogP contribution < -0.4 is 4.74 Å². The van der Waals surface area contributed by atoms with Gasteiger partial charge in [-0.1, -0.05) is 30.3 Å². The standard InChI is InChI=1S/C18H19FO2/c19-17-4-2-1-3-14(17)12-16(20)7-5-13-6-8-18-15(11-13)9-10-21-18/h1-4,6,8,11,16,20H,5,7,9-10,12H2. The van der Waals surface area contributed by atoms with Crippen LogP contribution in [0, 0.1) is 5.82 Å². The van der Waals surface area contributed by atoms with Gasteiger partial charge in [0.15, 0.2) is 0 Å². The second kappa shape index (κ2) is 6.27. The Hall–Kier alpha value is -1.87. The van der Waals surface area contributed by atoms with Crippen LogP contribution in [0.25, 0.3) is 0 Å². The fourth-order valence-electron chi connectivity index (χ4n) is 2.75. The maximum atomic E-state index is 13.5. The molecule has 1 aliphatic heterocycles. The third kappa shape index (κ3) is 3.42. The maximum Gasteiger partial charge on any atom is 0.126 e. The summed E-state index contributed by atoms with van der Waals surface area (Å²) in [5.41, 5.74) is 3.02. The van der Waals surface area contributed by atoms with Crippen LogP contribution in [0.5, 0.6) is 5.75 Å². The molecule has 1 aliphatic rings. The summed E-state index contributed by atoms with van der Waals surface area (Å²) in [5, 5.41) is 10.1. The summed E-state index contributed by atoms with van der Waals surface area (Å²) >= 11 is 0. The van der Waals surface area contributed by atoms with Gasteiger partial charge in [0.05, 0.1) is 12.7 Å². The highest BCUT2D eigenvalue weighted by Crippen LogP contribution is 2.26. The number of benzene rings is 2. The molecule has 3 heteroatoms. The molecule has 0 aromatic heterocycles. The Balaban J connectivity index is 1.56. The molecule has 0 spiro atoms. The van der Waals surface area contributed by atoms with Gasteiger partial charge in [-0.25, -0.2) is 4.39 Å². The molecule has 0 amide bonds. The minimum atomic E-state index is -0.522. The number of ether oxygens (including phenoxy) is 1. The SMILES string of the molecule is OC(CCc1ccc2c(c1)CCO2)Cc1ccccc1F. The molecule has 110 valence electrons. The van der Waals surface area contributed by atoms with Crippen molar-refractivity contribution >= 4 is 0 Å². The second-order valence-corrected chi connectivity index (χ2v) is 5.53. The molecule has 2 aromatic rings. The number of fused-ring (bicyclic) bond motifs is 1. The molecule has 3 rings (SSSR count). The first-order chi connectivity index (χ1) is 10.2. The van der Waals surface area contributed by atoms with E-state index in [1.807, 2.05) is 12.1 Å². The van der Waals surface area contributed by atoms with Gasteiger partial charge in [0.25, 0.3) is 0 Å². The van der Waals surface area contributed by atoms with Gasteiger partial charge < -0.3 is 9.84 Å². The fraction of sp³-hybridized carbons (Fsp3) is 0.333. The zero-order valence-corrected chi connectivity index (χ0v) is 11.9. The van der Waals surface area contributed by atoms with Crippen molar-refractivity contribution in [3.05, 3.63) is 65.0 Å². The van der Waals surface area contributed by atoms with Gasteiger partial charge in [0.1, 0.15) is 11.6 Å². The first-order valence-corrected chi connectivity index (χ1v) is 7.38. The number of hydrogen-bond acceptors (Lipinski definition) is 2. The number of aryl methyl sites for hydroxylation is 1. The van der Waals surface area contributed by atoms with Crippen molar-refractivity contribution in [3.8, 4) is 5.75 Å². The predicted octanol–water partition coefficient (Wildman–Crippen LogP) is 3.30. The number of aliphatic hydroxyl groups is 1. The summed E-state index contributed by atoms with van der Waals surface area (Å²) in [4.78, 5) is 0. The Morgan fingerprint density at radius 3 is 2.90 bits per heavy atom. The third-order valence-corrected chi connectivity index (χ3v) is 3.93. The Labute approximate surface area is 124 Å². The van der Waals surface area contributed by atoms with E-state index in [9.17, 15) is 9.50 Å². The lowest BCUT2D eigenvalue weighted by molar-refractivity contribution is 0.164. The van der Waals surface area contributed by atoms with Crippen molar-refractivity contribution < 1.29 is 14.2 Å². The van der Waals surface area contributed by atoms with E-state index in [0.29, 0.717) is 18.4 Å². The largest absolute Gasteiger partial charge is 0.493 e. The Kier molecular flexibility index (Phi) is 4.20. The zero-order valence-electron chi connectivity index (χ0n) is 11.9. The van der Waals surface area contributed by atoms with Crippen LogP contribution in [-0.2, 0) is 19.3 Å². The smallest absolute Gasteiger partial charge is 0.126 e. The molecule has 0 saturated heterocycles. The Morgan fingerprint density at radius 1 is 1.19 bits per heavy atom. The monoisotopic (exact) mass is 286 g/mol. The predicted molar refractivity (Wildman–Crippen MR) is 80.1 cm³/mol. The normalized spacial score (nSPS) is 14.6. The number of halogens is 1. The number of rotatable bonds is 5. The molecule has 2 nitrogen and oxygen atoms in total. The van der Waals surface area contributed by atoms with Crippen LogP contribution in [0.3, 0.4) is 0 Å². The summed E-state index contributed by atoms with van der Waals surface area (Å²) in [6.45, 7) is 0.759. The average molecular weight is 286 g/mol. The highest BCUT2D eigenvalue weighted by Gasteiger charge is 2.13. The molecule has 0 saturated carbocycles. The van der Waals surface area contributed by atoms with Gasteiger partial charge in [-0.2, -0.15) is 0 Å². The quantitative estimate of drug-likeness (QED) is 0.914. The third-order valence-electron chi connectivity index (χ3n) is 3.93. The van der Waals surface area contributed by atoms with Gasteiger partial charge in [0, 0.05) is 12.8 Å². The van der Waals surface area contributed by atoms with Crippen molar-refractivity contribution in [2.45, 2.75) is 31.8 Å². The fourth-order valence-corrected chi connectivity index (χ4v) is 2.75. The maximum absolute atomic E-state index is 13.5. The van der Waals surface area contributed by atoms with E-state index in [1.54, 1.807) is 18.2 Å². The van der Waals surface area contributed by atoms with Crippen molar-refractivity contribution in [1.29, 1.82) is 0 Å². The highest BCUT2D eigenvalue weighted by molar-refractivity contribution is 5.39. The molecule has 21 heavy (non-hydrogen) atoms. The van der Waals surface area contributed by atoms with E-state index in [1.165, 1.54) is 17.2 Å². The highest BCUT2D eigenvalue weighted by atomic mass is 19.1. The van der Waals surface area contributed by atoms with Crippen LogP contribution in [0.1, 0.15) is 23.1 Å². The molecule has 0 bridgehead atoms. The molecule has 1 heterocycles. The Morgan fingerprint density at radius 2 is 2.05 bits per heavy atom. The van der Waals surface area contributed by atoms with E-state index in [2.05, 4.69) is 6.07 Å². The van der Waals surface area contributed by atoms with E-state index in [4.69, 9.17) is 4.74 Å². The summed E-state index contributed by atoms with van der Waals surface area (Å²) in [5.74, 6) is 0.733. The molecule has 2 aromatic carbocycles. The summed E-state index contributed by atoms with van der Waals surface area (Å²) in [7, 11) is 0. The van der Waals surface area contributed by atoms with E-state index < -0.39 is 6.10 Å². The first-order valence-electron chi connectivity index (χ1n) is 7.38. The van der Waals surface area contributed by atoms with Crippen LogP contribution >= 0.6 is 0 Å². The van der Waals surface area contributed by atoms with E-state index >= 15 is 0 Å². The lowest BCUT2D eigenvalue weighted by Gasteiger charge is -2.11. The molecule has 1 N–H and O–H groups in total. The van der Waals surface area contributed by atoms with Crippen LogP contribution in [0.2, 0.25) is 0 Å². The van der Waals surface area contributed by atoms with Crippen LogP contribution in [0.4, 0.5) is 4.39 Å². The average Bonchev–Trinajstić information content (AvgIpc) is 2.95. The van der Waals surface area contributed by atoms with Crippen LogP contribution in [-0.4, -0.2) is 17.8 Å². The minimum absolute atomic E-state index is 0.244. The molecular weight excluding hydrogens is 267 g/mol. The Bertz CT molecular complexity index is 624. The van der Waals surface area contributed by atoms with Crippen molar-refractivity contribution in [2.24, 2.45) is 0 Å². The van der Waals surface area contributed by atoms with E-state index in [0.717, 1.165) is 25.2 Å². The summed E-state index contributed by atoms with van der Waals surface area (Å²) in [6, 6.07) is 12.8. The van der Waals surface area contributed by atoms with Gasteiger partial charge >= 0.3 is 0 Å². The van der Waals surface area contributed by atoms with Gasteiger partial charge in [-0.3, -0.25) is 0 Å². The molecule has 0 aliphatic carbocycles. The van der Waals surface area contributed by atoms with Crippen molar-refractivity contribution in [3.63, 3.8) is 0 Å². The van der Waals surface area contributed by atoms with Gasteiger partial charge in [-0.15, -0.1) is 0 Å². The molecule has 0 radical (unpaired) electrons. The van der Waals surface area contributed by atoms with E-state index in [-0.39, 0.29) is 5.82 Å². The second-order valence-electron chi connectivity index (χ2n) is 5.53. The zero-order chi connectivity index (χ0) is 14.7. The molecule has 1 atom stereocenters. The molecule has 1 unspecified atom stereocenters. The minimum Gasteiger partial charge on any atom is -0.493 e. The molecular formula is C18H19FO2. The van der Waals surface area contributed by atoms with Crippen LogP contribution in [0.15, 0.2) is 42.5 Å². The summed E-state index contributed by atoms with van der Waals surface area (Å²) in [6.07, 6.45) is 2.23. The van der Waals surface area contributed by atoms with Crippen molar-refractivity contribution in [1.82, 2.24) is 0 Å². The van der Waals surface area contributed by atoms with Gasteiger partial charge in [0.2, 0.25) is 0 Å². The lowest BCUT2D eigenvalue weighted by Crippen LogP contribution is -2.12. The molecule has 0 fully saturated rings. The number of aliphatic hydroxyl groups excluding tert-OH is 1.